The third-order valence-electron chi connectivity index (χ3n) is 4.06. The Balaban J connectivity index is 1.59. The van der Waals surface area contributed by atoms with E-state index in [-0.39, 0.29) is 30.3 Å². The zero-order valence-electron chi connectivity index (χ0n) is 14.8. The number of amides is 1. The predicted octanol–water partition coefficient (Wildman–Crippen LogP) is 4.24. The van der Waals surface area contributed by atoms with Gasteiger partial charge in [0.2, 0.25) is 0 Å². The highest BCUT2D eigenvalue weighted by Crippen LogP contribution is 2.40. The first-order chi connectivity index (χ1) is 13.5. The summed E-state index contributed by atoms with van der Waals surface area (Å²) in [6.45, 7) is -0.0367. The summed E-state index contributed by atoms with van der Waals surface area (Å²) in [6, 6.07) is 5.20. The zero-order chi connectivity index (χ0) is 21.2. The molecule has 0 atom stereocenters. The van der Waals surface area contributed by atoms with Gasteiger partial charge in [0.15, 0.2) is 0 Å². The quantitative estimate of drug-likeness (QED) is 0.712. The molecular formula is C18H15F6N3O2. The molecular weight excluding hydrogens is 404 g/mol. The molecule has 11 heteroatoms. The van der Waals surface area contributed by atoms with Crippen LogP contribution in [0, 0.1) is 0 Å². The second kappa shape index (κ2) is 7.88. The molecule has 0 spiro atoms. The second-order valence-corrected chi connectivity index (χ2v) is 6.44. The number of carbonyl (C=O) groups excluding carboxylic acids is 1. The van der Waals surface area contributed by atoms with E-state index < -0.39 is 29.9 Å². The van der Waals surface area contributed by atoms with Gasteiger partial charge in [-0.3, -0.25) is 4.79 Å². The largest absolute Gasteiger partial charge is 0.573 e. The molecule has 1 aromatic heterocycles. The average molecular weight is 419 g/mol. The highest BCUT2D eigenvalue weighted by Gasteiger charge is 2.36. The molecule has 3 rings (SSSR count). The Morgan fingerprint density at radius 3 is 2.28 bits per heavy atom. The van der Waals surface area contributed by atoms with Gasteiger partial charge in [-0.1, -0.05) is 0 Å². The van der Waals surface area contributed by atoms with Crippen molar-refractivity contribution in [2.75, 3.05) is 6.54 Å². The molecule has 1 heterocycles. The Kier molecular flexibility index (Phi) is 5.67. The van der Waals surface area contributed by atoms with Gasteiger partial charge in [0.25, 0.3) is 5.91 Å². The number of alkyl halides is 6. The number of hydrogen-bond donors (Lipinski definition) is 1. The molecule has 0 unspecified atom stereocenters. The number of nitrogens with one attached hydrogen (secondary N) is 1. The van der Waals surface area contributed by atoms with Gasteiger partial charge >= 0.3 is 12.5 Å². The van der Waals surface area contributed by atoms with Gasteiger partial charge in [-0.15, -0.1) is 13.2 Å². The number of carbonyl (C=O) groups is 1. The number of ether oxygens (including phenoxy) is 1. The van der Waals surface area contributed by atoms with E-state index in [4.69, 9.17) is 0 Å². The molecule has 1 aliphatic carbocycles. The van der Waals surface area contributed by atoms with Crippen molar-refractivity contribution >= 4 is 5.91 Å². The number of aromatic nitrogens is 2. The van der Waals surface area contributed by atoms with Crippen LogP contribution in [-0.2, 0) is 12.6 Å². The van der Waals surface area contributed by atoms with Gasteiger partial charge < -0.3 is 10.1 Å². The molecule has 0 radical (unpaired) electrons. The van der Waals surface area contributed by atoms with Gasteiger partial charge in [0.1, 0.15) is 17.3 Å². The first-order valence-electron chi connectivity index (χ1n) is 8.60. The fraction of sp³-hybridized carbons (Fsp3) is 0.389. The van der Waals surface area contributed by atoms with Crippen LogP contribution in [0.4, 0.5) is 26.3 Å². The first kappa shape index (κ1) is 20.9. The van der Waals surface area contributed by atoms with Crippen LogP contribution in [0.1, 0.15) is 46.3 Å². The Hall–Kier alpha value is -2.85. The lowest BCUT2D eigenvalue weighted by molar-refractivity contribution is -0.274. The van der Waals surface area contributed by atoms with Gasteiger partial charge in [-0.25, -0.2) is 9.97 Å². The molecule has 0 saturated heterocycles. The van der Waals surface area contributed by atoms with E-state index >= 15 is 0 Å². The lowest BCUT2D eigenvalue weighted by Crippen LogP contribution is -2.26. The highest BCUT2D eigenvalue weighted by molar-refractivity contribution is 5.94. The predicted molar refractivity (Wildman–Crippen MR) is 88.2 cm³/mol. The van der Waals surface area contributed by atoms with Crippen LogP contribution in [0.2, 0.25) is 0 Å². The van der Waals surface area contributed by atoms with E-state index in [1.54, 1.807) is 0 Å². The fourth-order valence-corrected chi connectivity index (χ4v) is 2.56. The summed E-state index contributed by atoms with van der Waals surface area (Å²) in [6.07, 6.45) is -7.90. The minimum absolute atomic E-state index is 0.00451. The molecule has 0 aliphatic heterocycles. The first-order valence-corrected chi connectivity index (χ1v) is 8.60. The summed E-state index contributed by atoms with van der Waals surface area (Å²) in [7, 11) is 0. The molecule has 5 nitrogen and oxygen atoms in total. The van der Waals surface area contributed by atoms with E-state index in [2.05, 4.69) is 20.0 Å². The minimum Gasteiger partial charge on any atom is -0.406 e. The maximum Gasteiger partial charge on any atom is 0.573 e. The molecule has 1 fully saturated rings. The molecule has 1 N–H and O–H groups in total. The summed E-state index contributed by atoms with van der Waals surface area (Å²) in [5, 5.41) is 2.47. The van der Waals surface area contributed by atoms with Crippen molar-refractivity contribution < 1.29 is 35.9 Å². The van der Waals surface area contributed by atoms with Crippen LogP contribution in [-0.4, -0.2) is 28.8 Å². The number of halogens is 6. The van der Waals surface area contributed by atoms with Crippen LogP contribution < -0.4 is 10.1 Å². The van der Waals surface area contributed by atoms with E-state index in [9.17, 15) is 31.1 Å². The van der Waals surface area contributed by atoms with Crippen LogP contribution in [0.15, 0.2) is 30.3 Å². The smallest absolute Gasteiger partial charge is 0.406 e. The van der Waals surface area contributed by atoms with E-state index in [0.717, 1.165) is 43.2 Å². The Morgan fingerprint density at radius 1 is 1.07 bits per heavy atom. The lowest BCUT2D eigenvalue weighted by atomic mass is 10.2. The fourth-order valence-electron chi connectivity index (χ4n) is 2.56. The van der Waals surface area contributed by atoms with Crippen molar-refractivity contribution in [3.8, 4) is 5.75 Å². The van der Waals surface area contributed by atoms with Gasteiger partial charge in [-0.2, -0.15) is 13.2 Å². The average Bonchev–Trinajstić information content (AvgIpc) is 3.45. The second-order valence-electron chi connectivity index (χ2n) is 6.44. The third kappa shape index (κ3) is 6.06. The van der Waals surface area contributed by atoms with Gasteiger partial charge in [-0.05, 0) is 43.2 Å². The molecule has 1 amide bonds. The third-order valence-corrected chi connectivity index (χ3v) is 4.06. The molecule has 156 valence electrons. The summed E-state index contributed by atoms with van der Waals surface area (Å²) in [5.74, 6) is -1.10. The van der Waals surface area contributed by atoms with E-state index in [1.165, 1.54) is 0 Å². The van der Waals surface area contributed by atoms with Crippen LogP contribution in [0.5, 0.6) is 5.75 Å². The number of hydrogen-bond acceptors (Lipinski definition) is 4. The number of rotatable bonds is 6. The Bertz CT molecular complexity index is 877. The molecule has 0 bridgehead atoms. The SMILES string of the molecule is O=C(NCCc1nc(C2CC2)cc(C(F)(F)F)n1)c1ccc(OC(F)(F)F)cc1. The summed E-state index contributed by atoms with van der Waals surface area (Å²) < 4.78 is 79.1. The van der Waals surface area contributed by atoms with Crippen molar-refractivity contribution in [2.45, 2.75) is 37.7 Å². The van der Waals surface area contributed by atoms with Crippen molar-refractivity contribution in [2.24, 2.45) is 0 Å². The Morgan fingerprint density at radius 2 is 1.72 bits per heavy atom. The zero-order valence-corrected chi connectivity index (χ0v) is 14.8. The summed E-state index contributed by atoms with van der Waals surface area (Å²) in [4.78, 5) is 19.7. The highest BCUT2D eigenvalue weighted by atomic mass is 19.4. The molecule has 1 aliphatic rings. The van der Waals surface area contributed by atoms with Crippen LogP contribution >= 0.6 is 0 Å². The van der Waals surface area contributed by atoms with Gasteiger partial charge in [0.05, 0.1) is 0 Å². The molecule has 2 aromatic rings. The number of nitrogens with zero attached hydrogens (tertiary/aromatic N) is 2. The molecule has 29 heavy (non-hydrogen) atoms. The van der Waals surface area contributed by atoms with Crippen LogP contribution in [0.25, 0.3) is 0 Å². The minimum atomic E-state index is -4.84. The lowest BCUT2D eigenvalue weighted by Gasteiger charge is -2.11. The summed E-state index contributed by atoms with van der Waals surface area (Å²) >= 11 is 0. The van der Waals surface area contributed by atoms with E-state index in [0.29, 0.717) is 5.69 Å². The number of benzene rings is 1. The normalized spacial score (nSPS) is 14.6. The topological polar surface area (TPSA) is 64.1 Å². The maximum atomic E-state index is 13.0. The summed E-state index contributed by atoms with van der Waals surface area (Å²) in [5.41, 5.74) is -0.604. The standard InChI is InChI=1S/C18H15F6N3O2/c19-17(20,21)14-9-13(10-1-2-10)26-15(27-14)7-8-25-16(28)11-3-5-12(6-4-11)29-18(22,23)24/h3-6,9-10H,1-2,7-8H2,(H,25,28). The molecule has 1 saturated carbocycles. The van der Waals surface area contributed by atoms with Crippen molar-refractivity contribution in [1.82, 2.24) is 15.3 Å². The van der Waals surface area contributed by atoms with Crippen molar-refractivity contribution in [3.05, 3.63) is 53.1 Å². The molecule has 1 aromatic carbocycles. The van der Waals surface area contributed by atoms with Crippen molar-refractivity contribution in [1.29, 1.82) is 0 Å². The maximum absolute atomic E-state index is 13.0. The van der Waals surface area contributed by atoms with Gasteiger partial charge in [0, 0.05) is 30.1 Å². The van der Waals surface area contributed by atoms with Crippen molar-refractivity contribution in [3.63, 3.8) is 0 Å². The van der Waals surface area contributed by atoms with E-state index in [1.807, 2.05) is 0 Å². The van der Waals surface area contributed by atoms with Crippen LogP contribution in [0.3, 0.4) is 0 Å². The monoisotopic (exact) mass is 419 g/mol. The Labute approximate surface area is 161 Å².